The Bertz CT molecular complexity index is 773. The van der Waals surface area contributed by atoms with Gasteiger partial charge in [-0.1, -0.05) is 60.9 Å². The van der Waals surface area contributed by atoms with Crippen LogP contribution in [-0.4, -0.2) is 11.2 Å². The standard InChI is InChI=1S/C13H11NO2.C7H7N.Pt/c15-12-7-3-1-5-10(12)9-14-11-6-2-4-8-13(11)16;1-2-7-3-5-8-6-4-7;/h1-9,15-16H;2-6H,1H2;/q;;+2/p-2. The van der Waals surface area contributed by atoms with Gasteiger partial charge in [0.05, 0.1) is 5.69 Å². The van der Waals surface area contributed by atoms with Crippen molar-refractivity contribution in [2.45, 2.75) is 0 Å². The minimum absolute atomic E-state index is 0. The van der Waals surface area contributed by atoms with Gasteiger partial charge in [-0.3, -0.25) is 9.98 Å². The van der Waals surface area contributed by atoms with Crippen LogP contribution in [-0.2, 0) is 21.1 Å². The van der Waals surface area contributed by atoms with E-state index in [4.69, 9.17) is 0 Å². The molecule has 2 aromatic carbocycles. The van der Waals surface area contributed by atoms with Crippen LogP contribution < -0.4 is 10.2 Å². The van der Waals surface area contributed by atoms with Crippen LogP contribution in [0.3, 0.4) is 0 Å². The third-order valence-corrected chi connectivity index (χ3v) is 3.07. The molecular formula is C20H16N2O2Pt. The number of aromatic nitrogens is 1. The van der Waals surface area contributed by atoms with Crippen molar-refractivity contribution >= 4 is 18.0 Å². The number of pyridine rings is 1. The van der Waals surface area contributed by atoms with E-state index < -0.39 is 0 Å². The quantitative estimate of drug-likeness (QED) is 0.507. The molecule has 0 aliphatic heterocycles. The molecule has 0 unspecified atom stereocenters. The van der Waals surface area contributed by atoms with Gasteiger partial charge in [0.2, 0.25) is 0 Å². The summed E-state index contributed by atoms with van der Waals surface area (Å²) in [6.45, 7) is 3.60. The van der Waals surface area contributed by atoms with Gasteiger partial charge in [0.25, 0.3) is 0 Å². The third kappa shape index (κ3) is 6.74. The first kappa shape index (κ1) is 20.3. The molecule has 3 aromatic rings. The summed E-state index contributed by atoms with van der Waals surface area (Å²) in [5.41, 5.74) is 1.93. The molecule has 0 aliphatic carbocycles. The van der Waals surface area contributed by atoms with Gasteiger partial charge in [-0.05, 0) is 29.3 Å². The largest absolute Gasteiger partial charge is 2.00 e. The Labute approximate surface area is 161 Å². The molecule has 0 amide bonds. The second-order valence-corrected chi connectivity index (χ2v) is 4.75. The van der Waals surface area contributed by atoms with Crippen LogP contribution in [0.25, 0.3) is 6.08 Å². The van der Waals surface area contributed by atoms with Crippen LogP contribution in [0.2, 0.25) is 0 Å². The maximum Gasteiger partial charge on any atom is 2.00 e. The summed E-state index contributed by atoms with van der Waals surface area (Å²) >= 11 is 0. The van der Waals surface area contributed by atoms with Gasteiger partial charge in [-0.2, -0.15) is 0 Å². The Hall–Kier alpha value is -2.71. The van der Waals surface area contributed by atoms with Crippen molar-refractivity contribution < 1.29 is 31.3 Å². The van der Waals surface area contributed by atoms with Gasteiger partial charge < -0.3 is 10.2 Å². The zero-order valence-electron chi connectivity index (χ0n) is 13.3. The number of aliphatic imine (C=N–C) groups is 1. The minimum atomic E-state index is -0.151. The van der Waals surface area contributed by atoms with Crippen molar-refractivity contribution in [1.29, 1.82) is 0 Å². The van der Waals surface area contributed by atoms with Crippen molar-refractivity contribution in [3.63, 3.8) is 0 Å². The predicted octanol–water partition coefficient (Wildman–Crippen LogP) is 3.31. The van der Waals surface area contributed by atoms with E-state index in [0.717, 1.165) is 5.56 Å². The molecule has 0 saturated heterocycles. The van der Waals surface area contributed by atoms with Gasteiger partial charge in [0.1, 0.15) is 0 Å². The number of nitrogens with zero attached hydrogens (tertiary/aromatic N) is 2. The molecule has 0 atom stereocenters. The zero-order chi connectivity index (χ0) is 17.2. The van der Waals surface area contributed by atoms with E-state index in [-0.39, 0.29) is 32.6 Å². The number of para-hydroxylation sites is 3. The van der Waals surface area contributed by atoms with Gasteiger partial charge in [-0.25, -0.2) is 0 Å². The van der Waals surface area contributed by atoms with E-state index in [0.29, 0.717) is 11.3 Å². The van der Waals surface area contributed by atoms with E-state index in [1.807, 2.05) is 12.1 Å². The fourth-order valence-corrected chi connectivity index (χ4v) is 1.79. The molecule has 0 fully saturated rings. The molecule has 25 heavy (non-hydrogen) atoms. The predicted molar refractivity (Wildman–Crippen MR) is 93.4 cm³/mol. The molecule has 0 bridgehead atoms. The molecule has 5 heteroatoms. The Kier molecular flexibility index (Phi) is 8.91. The van der Waals surface area contributed by atoms with Crippen LogP contribution in [0.1, 0.15) is 11.1 Å². The zero-order valence-corrected chi connectivity index (χ0v) is 15.6. The summed E-state index contributed by atoms with van der Waals surface area (Å²) in [4.78, 5) is 7.84. The number of hydrogen-bond donors (Lipinski definition) is 0. The SMILES string of the molecule is C=Cc1ccncc1.[O-]c1ccccc1C=Nc1ccccc1[O-].[Pt+2]. The molecule has 1 aromatic heterocycles. The fourth-order valence-electron chi connectivity index (χ4n) is 1.79. The molecule has 0 N–H and O–H groups in total. The van der Waals surface area contributed by atoms with E-state index in [2.05, 4.69) is 16.6 Å². The maximum absolute atomic E-state index is 11.4. The van der Waals surface area contributed by atoms with E-state index in [1.54, 1.807) is 54.9 Å². The summed E-state index contributed by atoms with van der Waals surface area (Å²) in [7, 11) is 0. The summed E-state index contributed by atoms with van der Waals surface area (Å²) in [6.07, 6.45) is 6.70. The Morgan fingerprint density at radius 2 is 1.44 bits per heavy atom. The van der Waals surface area contributed by atoms with Crippen molar-refractivity contribution in [3.8, 4) is 11.5 Å². The first-order valence-electron chi connectivity index (χ1n) is 7.29. The molecule has 128 valence electrons. The van der Waals surface area contributed by atoms with Crippen LogP contribution in [0.4, 0.5) is 5.69 Å². The number of hydrogen-bond acceptors (Lipinski definition) is 4. The van der Waals surface area contributed by atoms with Gasteiger partial charge in [0.15, 0.2) is 0 Å². The van der Waals surface area contributed by atoms with E-state index >= 15 is 0 Å². The summed E-state index contributed by atoms with van der Waals surface area (Å²) in [6, 6.07) is 16.8. The van der Waals surface area contributed by atoms with Crippen molar-refractivity contribution in [1.82, 2.24) is 4.98 Å². The normalized spacial score (nSPS) is 9.60. The second-order valence-electron chi connectivity index (χ2n) is 4.75. The number of benzene rings is 2. The van der Waals surface area contributed by atoms with E-state index in [9.17, 15) is 10.2 Å². The van der Waals surface area contributed by atoms with E-state index in [1.165, 1.54) is 18.3 Å². The van der Waals surface area contributed by atoms with Crippen LogP contribution >= 0.6 is 0 Å². The molecule has 0 aliphatic rings. The van der Waals surface area contributed by atoms with Crippen molar-refractivity contribution in [3.05, 3.63) is 90.8 Å². The van der Waals surface area contributed by atoms with Gasteiger partial charge in [0, 0.05) is 18.6 Å². The summed E-state index contributed by atoms with van der Waals surface area (Å²) in [5.74, 6) is -0.253. The first-order valence-corrected chi connectivity index (χ1v) is 7.29. The minimum Gasteiger partial charge on any atom is -0.872 e. The molecule has 4 nitrogen and oxygen atoms in total. The molecule has 0 spiro atoms. The smallest absolute Gasteiger partial charge is 0.872 e. The van der Waals surface area contributed by atoms with Crippen LogP contribution in [0, 0.1) is 0 Å². The number of rotatable bonds is 3. The maximum atomic E-state index is 11.4. The molecule has 0 radical (unpaired) electrons. The first-order chi connectivity index (χ1) is 11.7. The van der Waals surface area contributed by atoms with Crippen LogP contribution in [0.15, 0.2) is 84.6 Å². The van der Waals surface area contributed by atoms with Crippen LogP contribution in [0.5, 0.6) is 11.5 Å². The summed E-state index contributed by atoms with van der Waals surface area (Å²) in [5, 5.41) is 22.7. The Balaban J connectivity index is 0.000000295. The Morgan fingerprint density at radius 3 is 2.00 bits per heavy atom. The molecule has 3 rings (SSSR count). The summed E-state index contributed by atoms with van der Waals surface area (Å²) < 4.78 is 0. The van der Waals surface area contributed by atoms with Crippen molar-refractivity contribution in [2.24, 2.45) is 4.99 Å². The average molecular weight is 511 g/mol. The van der Waals surface area contributed by atoms with Gasteiger partial charge >= 0.3 is 21.1 Å². The third-order valence-electron chi connectivity index (χ3n) is 3.07. The average Bonchev–Trinajstić information content (AvgIpc) is 2.63. The fraction of sp³-hybridized carbons (Fsp3) is 0. The Morgan fingerprint density at radius 1 is 0.840 bits per heavy atom. The monoisotopic (exact) mass is 511 g/mol. The second kappa shape index (κ2) is 11.0. The molecule has 0 saturated carbocycles. The van der Waals surface area contributed by atoms with Gasteiger partial charge in [-0.15, -0.1) is 5.75 Å². The van der Waals surface area contributed by atoms with Crippen molar-refractivity contribution in [2.75, 3.05) is 0 Å². The topological polar surface area (TPSA) is 71.4 Å². The molecular weight excluding hydrogens is 495 g/mol. The molecule has 1 heterocycles.